The molecule has 0 atom stereocenters. The van der Waals surface area contributed by atoms with E-state index in [0.717, 1.165) is 42.3 Å². The largest absolute Gasteiger partial charge is 0.348 e. The molecule has 0 saturated carbocycles. The summed E-state index contributed by atoms with van der Waals surface area (Å²) >= 11 is 3.45. The molecule has 1 aliphatic heterocycles. The fourth-order valence-electron chi connectivity index (χ4n) is 3.41. The van der Waals surface area contributed by atoms with Crippen molar-refractivity contribution in [1.29, 1.82) is 0 Å². The van der Waals surface area contributed by atoms with E-state index in [9.17, 15) is 4.79 Å². The maximum absolute atomic E-state index is 12.6. The number of aryl methyl sites for hydroxylation is 1. The number of rotatable bonds is 4. The van der Waals surface area contributed by atoms with Gasteiger partial charge in [0, 0.05) is 29.6 Å². The second-order valence-electron chi connectivity index (χ2n) is 6.95. The average molecular weight is 398 g/mol. The van der Waals surface area contributed by atoms with Gasteiger partial charge in [-0.25, -0.2) is 4.98 Å². The Morgan fingerprint density at radius 3 is 2.63 bits per heavy atom. The van der Waals surface area contributed by atoms with Gasteiger partial charge in [0.2, 0.25) is 5.91 Å². The number of thiazole rings is 1. The predicted molar refractivity (Wildman–Crippen MR) is 116 cm³/mol. The minimum Gasteiger partial charge on any atom is -0.348 e. The fraction of sp³-hybridized carbons (Fsp3) is 0.333. The average Bonchev–Trinajstić information content (AvgIpc) is 3.12. The van der Waals surface area contributed by atoms with Gasteiger partial charge >= 0.3 is 0 Å². The van der Waals surface area contributed by atoms with E-state index in [-0.39, 0.29) is 11.8 Å². The Morgan fingerprint density at radius 1 is 1.19 bits per heavy atom. The molecule has 1 aliphatic rings. The number of anilines is 2. The molecule has 3 aromatic rings. The molecule has 1 N–H and O–H groups in total. The molecule has 4 nitrogen and oxygen atoms in total. The Bertz CT molecular complexity index is 944. The molecule has 0 aliphatic carbocycles. The number of thioether (sulfide) groups is 1. The fourth-order valence-corrected chi connectivity index (χ4v) is 4.93. The first-order chi connectivity index (χ1) is 13.1. The van der Waals surface area contributed by atoms with Crippen LogP contribution in [0, 0.1) is 12.8 Å². The van der Waals surface area contributed by atoms with E-state index in [0.29, 0.717) is 0 Å². The highest BCUT2D eigenvalue weighted by molar-refractivity contribution is 7.98. The van der Waals surface area contributed by atoms with E-state index in [1.807, 2.05) is 30.5 Å². The molecular formula is C21H23N3OS2. The Labute approximate surface area is 168 Å². The lowest BCUT2D eigenvalue weighted by Gasteiger charge is -2.31. The van der Waals surface area contributed by atoms with Crippen LogP contribution in [0.5, 0.6) is 0 Å². The van der Waals surface area contributed by atoms with Gasteiger partial charge in [-0.1, -0.05) is 17.4 Å². The van der Waals surface area contributed by atoms with Gasteiger partial charge in [-0.15, -0.1) is 11.8 Å². The van der Waals surface area contributed by atoms with Gasteiger partial charge in [0.25, 0.3) is 0 Å². The molecule has 0 spiro atoms. The van der Waals surface area contributed by atoms with Gasteiger partial charge in [0.15, 0.2) is 5.13 Å². The van der Waals surface area contributed by atoms with E-state index < -0.39 is 0 Å². The molecule has 6 heteroatoms. The van der Waals surface area contributed by atoms with Crippen LogP contribution >= 0.6 is 23.1 Å². The molecule has 2 heterocycles. The van der Waals surface area contributed by atoms with Gasteiger partial charge in [-0.05, 0) is 68.0 Å². The molecule has 140 valence electrons. The number of amides is 1. The molecule has 1 amide bonds. The van der Waals surface area contributed by atoms with Gasteiger partial charge in [-0.2, -0.15) is 0 Å². The van der Waals surface area contributed by atoms with Gasteiger partial charge in [-0.3, -0.25) is 4.79 Å². The van der Waals surface area contributed by atoms with Crippen molar-refractivity contribution in [2.24, 2.45) is 5.92 Å². The lowest BCUT2D eigenvalue weighted by Crippen LogP contribution is -2.38. The summed E-state index contributed by atoms with van der Waals surface area (Å²) in [6, 6.07) is 14.4. The highest BCUT2D eigenvalue weighted by Crippen LogP contribution is 2.32. The van der Waals surface area contributed by atoms with Crippen molar-refractivity contribution in [1.82, 2.24) is 4.98 Å². The lowest BCUT2D eigenvalue weighted by molar-refractivity contribution is -0.120. The number of hydrogen-bond donors (Lipinski definition) is 1. The monoisotopic (exact) mass is 397 g/mol. The number of aromatic nitrogens is 1. The zero-order valence-electron chi connectivity index (χ0n) is 15.6. The van der Waals surface area contributed by atoms with E-state index in [2.05, 4.69) is 35.3 Å². The molecule has 1 fully saturated rings. The zero-order valence-corrected chi connectivity index (χ0v) is 17.2. The van der Waals surface area contributed by atoms with E-state index in [4.69, 9.17) is 4.98 Å². The maximum atomic E-state index is 12.6. The Morgan fingerprint density at radius 2 is 1.93 bits per heavy atom. The first-order valence-corrected chi connectivity index (χ1v) is 11.2. The molecule has 0 unspecified atom stereocenters. The van der Waals surface area contributed by atoms with Crippen LogP contribution in [0.1, 0.15) is 18.4 Å². The highest BCUT2D eigenvalue weighted by atomic mass is 32.2. The maximum Gasteiger partial charge on any atom is 0.227 e. The molecular weight excluding hydrogens is 374 g/mol. The highest BCUT2D eigenvalue weighted by Gasteiger charge is 2.26. The van der Waals surface area contributed by atoms with E-state index >= 15 is 0 Å². The number of nitrogens with one attached hydrogen (secondary N) is 1. The summed E-state index contributed by atoms with van der Waals surface area (Å²) in [5.74, 6) is 0.199. The van der Waals surface area contributed by atoms with Crippen LogP contribution in [0.4, 0.5) is 10.8 Å². The quantitative estimate of drug-likeness (QED) is 0.616. The molecule has 27 heavy (non-hydrogen) atoms. The van der Waals surface area contributed by atoms with Crippen LogP contribution in [-0.2, 0) is 4.79 Å². The molecule has 1 aromatic heterocycles. The topological polar surface area (TPSA) is 45.2 Å². The van der Waals surface area contributed by atoms with Crippen molar-refractivity contribution in [2.75, 3.05) is 29.6 Å². The third kappa shape index (κ3) is 4.12. The van der Waals surface area contributed by atoms with Crippen molar-refractivity contribution in [2.45, 2.75) is 24.7 Å². The number of carbonyl (C=O) groups is 1. The SMILES string of the molecule is CSc1ccc(NC(=O)C2CCN(c3nc4ccc(C)cc4s3)CC2)cc1. The minimum atomic E-state index is 0.0677. The van der Waals surface area contributed by atoms with Crippen molar-refractivity contribution in [3.05, 3.63) is 48.0 Å². The molecule has 4 rings (SSSR count). The van der Waals surface area contributed by atoms with Crippen LogP contribution in [0.15, 0.2) is 47.4 Å². The van der Waals surface area contributed by atoms with Crippen LogP contribution in [0.3, 0.4) is 0 Å². The van der Waals surface area contributed by atoms with Crippen molar-refractivity contribution < 1.29 is 4.79 Å². The van der Waals surface area contributed by atoms with Crippen molar-refractivity contribution >= 4 is 50.0 Å². The third-order valence-electron chi connectivity index (χ3n) is 5.03. The summed E-state index contributed by atoms with van der Waals surface area (Å²) in [4.78, 5) is 20.9. The Hall–Kier alpha value is -2.05. The smallest absolute Gasteiger partial charge is 0.227 e. The van der Waals surface area contributed by atoms with Gasteiger partial charge in [0.1, 0.15) is 0 Å². The number of benzene rings is 2. The zero-order chi connectivity index (χ0) is 18.8. The standard InChI is InChI=1S/C21H23N3OS2/c1-14-3-8-18-19(13-14)27-21(23-18)24-11-9-15(10-12-24)20(25)22-16-4-6-17(26-2)7-5-16/h3-8,13,15H,9-12H2,1-2H3,(H,22,25). The minimum absolute atomic E-state index is 0.0677. The van der Waals surface area contributed by atoms with Crippen molar-refractivity contribution in [3.63, 3.8) is 0 Å². The second-order valence-corrected chi connectivity index (χ2v) is 8.84. The van der Waals surface area contributed by atoms with Gasteiger partial charge < -0.3 is 10.2 Å². The second kappa shape index (κ2) is 7.90. The molecule has 0 radical (unpaired) electrons. The van der Waals surface area contributed by atoms with E-state index in [1.165, 1.54) is 15.2 Å². The number of carbonyl (C=O) groups excluding carboxylic acids is 1. The van der Waals surface area contributed by atoms with Crippen LogP contribution in [-0.4, -0.2) is 30.2 Å². The summed E-state index contributed by atoms with van der Waals surface area (Å²) in [6.07, 6.45) is 3.78. The summed E-state index contributed by atoms with van der Waals surface area (Å²) in [5.41, 5.74) is 3.20. The van der Waals surface area contributed by atoms with Gasteiger partial charge in [0.05, 0.1) is 10.2 Å². The number of hydrogen-bond acceptors (Lipinski definition) is 5. The number of nitrogens with zero attached hydrogens (tertiary/aromatic N) is 2. The van der Waals surface area contributed by atoms with E-state index in [1.54, 1.807) is 23.1 Å². The number of fused-ring (bicyclic) bond motifs is 1. The Balaban J connectivity index is 1.36. The first kappa shape index (κ1) is 18.3. The summed E-state index contributed by atoms with van der Waals surface area (Å²) < 4.78 is 1.23. The summed E-state index contributed by atoms with van der Waals surface area (Å²) in [7, 11) is 0. The van der Waals surface area contributed by atoms with Crippen LogP contribution < -0.4 is 10.2 Å². The van der Waals surface area contributed by atoms with Crippen molar-refractivity contribution in [3.8, 4) is 0 Å². The van der Waals surface area contributed by atoms with Crippen LogP contribution in [0.2, 0.25) is 0 Å². The first-order valence-electron chi connectivity index (χ1n) is 9.19. The number of piperidine rings is 1. The Kier molecular flexibility index (Phi) is 5.36. The molecule has 2 aromatic carbocycles. The predicted octanol–water partition coefficient (Wildman–Crippen LogP) is 5.18. The lowest BCUT2D eigenvalue weighted by atomic mass is 9.96. The van der Waals surface area contributed by atoms with Crippen LogP contribution in [0.25, 0.3) is 10.2 Å². The molecule has 1 saturated heterocycles. The third-order valence-corrected chi connectivity index (χ3v) is 6.85. The normalized spacial score (nSPS) is 15.3. The summed E-state index contributed by atoms with van der Waals surface area (Å²) in [5, 5.41) is 4.14. The molecule has 0 bridgehead atoms. The summed E-state index contributed by atoms with van der Waals surface area (Å²) in [6.45, 7) is 3.86.